The highest BCUT2D eigenvalue weighted by molar-refractivity contribution is 7.88. The van der Waals surface area contributed by atoms with Crippen LogP contribution in [0.1, 0.15) is 264 Å². The molecule has 11 heteroatoms. The molecule has 1 aromatic rings. The highest BCUT2D eigenvalue weighted by atomic mass is 32.2. The van der Waals surface area contributed by atoms with Gasteiger partial charge in [-0.25, -0.2) is 13.1 Å². The maximum Gasteiger partial charge on any atom is 0.306 e. The number of carbonyl (C=O) groups excluding carboxylic acids is 2. The van der Waals surface area contributed by atoms with E-state index in [9.17, 15) is 18.0 Å². The van der Waals surface area contributed by atoms with Crippen LogP contribution >= 0.6 is 0 Å². The number of hydrogen-bond acceptors (Lipinski definition) is 9. The smallest absolute Gasteiger partial charge is 0.306 e. The van der Waals surface area contributed by atoms with E-state index in [1.54, 1.807) is 13.0 Å². The number of nitrogens with zero attached hydrogens (tertiary/aromatic N) is 2. The van der Waals surface area contributed by atoms with Crippen molar-refractivity contribution in [3.8, 4) is 0 Å². The molecule has 10 nitrogen and oxygen atoms in total. The van der Waals surface area contributed by atoms with Crippen molar-refractivity contribution in [2.45, 2.75) is 277 Å². The van der Waals surface area contributed by atoms with Gasteiger partial charge in [0.25, 0.3) is 0 Å². The van der Waals surface area contributed by atoms with Crippen LogP contribution in [-0.2, 0) is 34.8 Å². The first-order valence-electron chi connectivity index (χ1n) is 26.6. The van der Waals surface area contributed by atoms with Gasteiger partial charge in [-0.15, -0.1) is 0 Å². The molecule has 0 fully saturated rings. The first-order valence-corrected chi connectivity index (χ1v) is 28.3. The fraction of sp³-hybridized carbons (Fsp3) is 0.904. The predicted octanol–water partition coefficient (Wildman–Crippen LogP) is 14.3. The average Bonchev–Trinajstić information content (AvgIpc) is 3.67. The predicted molar refractivity (Wildman–Crippen MR) is 262 cm³/mol. The average molecular weight is 910 g/mol. The van der Waals surface area contributed by atoms with Crippen molar-refractivity contribution in [1.82, 2.24) is 14.8 Å². The Hall–Kier alpha value is -1.98. The Bertz CT molecular complexity index is 1290. The van der Waals surface area contributed by atoms with Crippen molar-refractivity contribution in [2.24, 2.45) is 0 Å². The molecule has 1 rings (SSSR count). The number of aromatic nitrogens is 1. The molecular formula is C52H99N3O7S. The summed E-state index contributed by atoms with van der Waals surface area (Å²) in [5.41, 5.74) is 0.417. The van der Waals surface area contributed by atoms with E-state index in [2.05, 4.69) is 42.5 Å². The van der Waals surface area contributed by atoms with Gasteiger partial charge in [0, 0.05) is 25.5 Å². The first-order chi connectivity index (χ1) is 30.6. The molecule has 0 aromatic carbocycles. The van der Waals surface area contributed by atoms with Crippen molar-refractivity contribution in [1.29, 1.82) is 0 Å². The molecule has 0 saturated carbocycles. The lowest BCUT2D eigenvalue weighted by atomic mass is 10.0. The van der Waals surface area contributed by atoms with Crippen molar-refractivity contribution in [3.63, 3.8) is 0 Å². The maximum absolute atomic E-state index is 12.9. The number of hydrogen-bond donors (Lipinski definition) is 1. The summed E-state index contributed by atoms with van der Waals surface area (Å²) >= 11 is 0. The van der Waals surface area contributed by atoms with E-state index in [0.29, 0.717) is 30.8 Å². The number of aryl methyl sites for hydroxylation is 1. The molecule has 0 spiro atoms. The quantitative estimate of drug-likeness (QED) is 0.0502. The van der Waals surface area contributed by atoms with Gasteiger partial charge >= 0.3 is 11.9 Å². The number of unbranched alkanes of at least 4 members (excludes halogenated alkanes) is 23. The molecule has 1 unspecified atom stereocenters. The van der Waals surface area contributed by atoms with Gasteiger partial charge in [-0.2, -0.15) is 0 Å². The summed E-state index contributed by atoms with van der Waals surface area (Å²) in [6, 6.07) is 1.66. The fourth-order valence-electron chi connectivity index (χ4n) is 8.42. The Morgan fingerprint density at radius 1 is 0.571 bits per heavy atom. The number of carbonyl (C=O) groups is 2. The van der Waals surface area contributed by atoms with Gasteiger partial charge in [-0.05, 0) is 104 Å². The van der Waals surface area contributed by atoms with Crippen molar-refractivity contribution >= 4 is 22.0 Å². The molecular weight excluding hydrogens is 811 g/mol. The van der Waals surface area contributed by atoms with Gasteiger partial charge < -0.3 is 18.9 Å². The first kappa shape index (κ1) is 59.0. The zero-order valence-corrected chi connectivity index (χ0v) is 42.5. The summed E-state index contributed by atoms with van der Waals surface area (Å²) in [5, 5.41) is 3.83. The molecule has 0 radical (unpaired) electrons. The van der Waals surface area contributed by atoms with E-state index in [1.165, 1.54) is 96.3 Å². The van der Waals surface area contributed by atoms with Crippen LogP contribution < -0.4 is 4.72 Å². The Labute approximate surface area is 388 Å². The molecule has 1 heterocycles. The second-order valence-electron chi connectivity index (χ2n) is 18.6. The largest absolute Gasteiger partial charge is 0.462 e. The summed E-state index contributed by atoms with van der Waals surface area (Å²) in [5.74, 6) is 0.359. The van der Waals surface area contributed by atoms with Crippen molar-refractivity contribution in [2.75, 3.05) is 26.2 Å². The van der Waals surface area contributed by atoms with E-state index >= 15 is 0 Å². The minimum Gasteiger partial charge on any atom is -0.462 e. The van der Waals surface area contributed by atoms with Crippen LogP contribution in [0.4, 0.5) is 0 Å². The molecule has 0 amide bonds. The molecule has 1 N–H and O–H groups in total. The lowest BCUT2D eigenvalue weighted by Crippen LogP contribution is -2.32. The molecule has 1 aromatic heterocycles. The molecule has 0 bridgehead atoms. The van der Waals surface area contributed by atoms with Crippen molar-refractivity contribution in [3.05, 3.63) is 17.5 Å². The minimum absolute atomic E-state index is 0.0150. The second kappa shape index (κ2) is 41.5. The Balaban J connectivity index is 2.45. The molecule has 1 atom stereocenters. The van der Waals surface area contributed by atoms with Gasteiger partial charge in [0.15, 0.2) is 0 Å². The van der Waals surface area contributed by atoms with E-state index in [0.717, 1.165) is 135 Å². The number of ether oxygens (including phenoxy) is 2. The third kappa shape index (κ3) is 36.9. The number of rotatable bonds is 47. The molecule has 0 aliphatic rings. The summed E-state index contributed by atoms with van der Waals surface area (Å²) in [7, 11) is -3.49. The van der Waals surface area contributed by atoms with Crippen LogP contribution in [0.3, 0.4) is 0 Å². The molecule has 0 aliphatic carbocycles. The molecule has 63 heavy (non-hydrogen) atoms. The summed E-state index contributed by atoms with van der Waals surface area (Å²) in [4.78, 5) is 27.9. The zero-order chi connectivity index (χ0) is 46.1. The zero-order valence-electron chi connectivity index (χ0n) is 41.7. The van der Waals surface area contributed by atoms with Crippen LogP contribution in [0.25, 0.3) is 0 Å². The highest BCUT2D eigenvalue weighted by Gasteiger charge is 2.17. The topological polar surface area (TPSA) is 128 Å². The van der Waals surface area contributed by atoms with Gasteiger partial charge in [0.1, 0.15) is 29.4 Å². The number of esters is 2. The van der Waals surface area contributed by atoms with E-state index in [-0.39, 0.29) is 29.9 Å². The highest BCUT2D eigenvalue weighted by Crippen LogP contribution is 2.19. The van der Waals surface area contributed by atoms with Crippen LogP contribution in [0.15, 0.2) is 10.6 Å². The number of nitrogens with one attached hydrogen (secondary N) is 1. The normalized spacial score (nSPS) is 12.4. The third-order valence-corrected chi connectivity index (χ3v) is 13.7. The second-order valence-corrected chi connectivity index (χ2v) is 20.4. The minimum atomic E-state index is -3.49. The summed E-state index contributed by atoms with van der Waals surface area (Å²) in [6.07, 6.45) is 38.9. The van der Waals surface area contributed by atoms with Crippen LogP contribution in [-0.4, -0.2) is 68.8 Å². The van der Waals surface area contributed by atoms with E-state index in [4.69, 9.17) is 14.0 Å². The van der Waals surface area contributed by atoms with Crippen LogP contribution in [0.2, 0.25) is 0 Å². The lowest BCUT2D eigenvalue weighted by molar-refractivity contribution is -0.150. The monoisotopic (exact) mass is 910 g/mol. The van der Waals surface area contributed by atoms with Crippen LogP contribution in [0.5, 0.6) is 0 Å². The Morgan fingerprint density at radius 3 is 1.41 bits per heavy atom. The molecule has 370 valence electrons. The van der Waals surface area contributed by atoms with Gasteiger partial charge in [0.2, 0.25) is 10.0 Å². The number of sulfonamides is 1. The SMILES string of the molecule is CCCCCCCCC(CC)OC(=O)CCCCCCCN(CCCCCCCC(=O)OC(CCCCCCCC)CCCCCCCC)CCCNS(=O)(=O)Cc1cc(C)on1. The summed E-state index contributed by atoms with van der Waals surface area (Å²) in [6.45, 7) is 13.8. The van der Waals surface area contributed by atoms with Gasteiger partial charge in [0.05, 0.1) is 0 Å². The molecule has 0 aliphatic heterocycles. The van der Waals surface area contributed by atoms with E-state index in [1.807, 2.05) is 0 Å². The van der Waals surface area contributed by atoms with E-state index < -0.39 is 10.0 Å². The summed E-state index contributed by atoms with van der Waals surface area (Å²) < 4.78 is 44.9. The van der Waals surface area contributed by atoms with Gasteiger partial charge in [-0.1, -0.05) is 168 Å². The van der Waals surface area contributed by atoms with Gasteiger partial charge in [-0.3, -0.25) is 9.59 Å². The maximum atomic E-state index is 12.9. The third-order valence-electron chi connectivity index (χ3n) is 12.4. The Morgan fingerprint density at radius 2 is 0.968 bits per heavy atom. The lowest BCUT2D eigenvalue weighted by Gasteiger charge is -2.22. The standard InChI is InChI=1S/C52H99N3O7S/c1-6-10-13-16-21-28-36-49(9-4)60-51(56)39-31-24-19-26-33-42-55(44-35-41-53-63(58,59)46-48-45-47(5)62-54-48)43-34-27-20-25-32-40-52(57)61-50(37-29-22-17-14-11-7-2)38-30-23-18-15-12-8-3/h45,49-50,53H,6-44,46H2,1-5H3. The molecule has 0 saturated heterocycles. The van der Waals surface area contributed by atoms with Crippen molar-refractivity contribution < 1.29 is 32.0 Å². The van der Waals surface area contributed by atoms with Crippen LogP contribution in [0, 0.1) is 6.92 Å². The Kier molecular flexibility index (Phi) is 38.8. The fourth-order valence-corrected chi connectivity index (χ4v) is 9.51.